The minimum Gasteiger partial charge on any atom is -0.488 e. The predicted molar refractivity (Wildman–Crippen MR) is 69.4 cm³/mol. The van der Waals surface area contributed by atoms with E-state index in [-0.39, 0.29) is 0 Å². The predicted octanol–water partition coefficient (Wildman–Crippen LogP) is 2.69. The molecule has 1 aliphatic rings. The highest BCUT2D eigenvalue weighted by molar-refractivity contribution is 5.85. The summed E-state index contributed by atoms with van der Waals surface area (Å²) in [4.78, 5) is 3.25. The van der Waals surface area contributed by atoms with Gasteiger partial charge in [-0.25, -0.2) is 0 Å². The molecule has 0 saturated carbocycles. The van der Waals surface area contributed by atoms with Crippen LogP contribution in [0.1, 0.15) is 19.3 Å². The molecule has 1 fully saturated rings. The van der Waals surface area contributed by atoms with Crippen molar-refractivity contribution >= 4 is 10.9 Å². The summed E-state index contributed by atoms with van der Waals surface area (Å²) in [6.45, 7) is 2.18. The van der Waals surface area contributed by atoms with Gasteiger partial charge in [-0.3, -0.25) is 0 Å². The van der Waals surface area contributed by atoms with Crippen molar-refractivity contribution in [3.05, 3.63) is 30.5 Å². The van der Waals surface area contributed by atoms with Crippen LogP contribution < -0.4 is 10.1 Å². The Hall–Kier alpha value is -1.48. The Kier molecular flexibility index (Phi) is 3.01. The van der Waals surface area contributed by atoms with Crippen molar-refractivity contribution in [1.29, 1.82) is 0 Å². The summed E-state index contributed by atoms with van der Waals surface area (Å²) < 4.78 is 6.14. The number of benzene rings is 1. The van der Waals surface area contributed by atoms with Crippen molar-refractivity contribution in [1.82, 2.24) is 10.3 Å². The largest absolute Gasteiger partial charge is 0.488 e. The average molecular weight is 230 g/mol. The third kappa shape index (κ3) is 2.29. The van der Waals surface area contributed by atoms with Crippen LogP contribution in [0.15, 0.2) is 30.5 Å². The van der Waals surface area contributed by atoms with Gasteiger partial charge in [-0.2, -0.15) is 0 Å². The number of hydrogen-bond donors (Lipinski definition) is 2. The van der Waals surface area contributed by atoms with Crippen LogP contribution in [-0.4, -0.2) is 24.2 Å². The zero-order valence-electron chi connectivity index (χ0n) is 9.91. The number of ether oxygens (including phenoxy) is 1. The summed E-state index contributed by atoms with van der Waals surface area (Å²) in [5.41, 5.74) is 1.12. The van der Waals surface area contributed by atoms with E-state index >= 15 is 0 Å². The molecule has 0 bridgehead atoms. The molecule has 3 rings (SSSR count). The first-order valence-electron chi connectivity index (χ1n) is 6.37. The number of fused-ring (bicyclic) bond motifs is 1. The lowest BCUT2D eigenvalue weighted by atomic mass is 10.1. The summed E-state index contributed by atoms with van der Waals surface area (Å²) in [5, 5.41) is 4.62. The van der Waals surface area contributed by atoms with Crippen LogP contribution in [0.2, 0.25) is 0 Å². The summed E-state index contributed by atoms with van der Waals surface area (Å²) >= 11 is 0. The molecule has 0 spiro atoms. The number of rotatable bonds is 2. The maximum absolute atomic E-state index is 6.14. The number of aromatic nitrogens is 1. The number of nitrogens with one attached hydrogen (secondary N) is 2. The molecule has 0 aliphatic carbocycles. The number of H-pyrrole nitrogens is 1. The highest BCUT2D eigenvalue weighted by Crippen LogP contribution is 2.26. The summed E-state index contributed by atoms with van der Waals surface area (Å²) in [5.74, 6) is 0.986. The Morgan fingerprint density at radius 1 is 1.12 bits per heavy atom. The minimum absolute atomic E-state index is 0.346. The van der Waals surface area contributed by atoms with E-state index < -0.39 is 0 Å². The Bertz CT molecular complexity index is 484. The molecular weight excluding hydrogens is 212 g/mol. The number of para-hydroxylation sites is 1. The fourth-order valence-electron chi connectivity index (χ4n) is 2.44. The first-order chi connectivity index (χ1) is 8.43. The van der Waals surface area contributed by atoms with Gasteiger partial charge in [0.2, 0.25) is 0 Å². The quantitative estimate of drug-likeness (QED) is 0.832. The molecule has 1 saturated heterocycles. The van der Waals surface area contributed by atoms with E-state index in [2.05, 4.69) is 34.6 Å². The molecule has 3 nitrogen and oxygen atoms in total. The second-order valence-corrected chi connectivity index (χ2v) is 4.62. The second-order valence-electron chi connectivity index (χ2n) is 4.62. The van der Waals surface area contributed by atoms with E-state index in [4.69, 9.17) is 4.74 Å². The fourth-order valence-corrected chi connectivity index (χ4v) is 2.44. The van der Waals surface area contributed by atoms with Crippen molar-refractivity contribution in [2.75, 3.05) is 13.1 Å². The molecule has 2 N–H and O–H groups in total. The standard InChI is InChI=1S/C14H18N2O/c1-3-11-6-10-16-14(11)13(5-1)17-12-4-2-8-15-9-7-12/h1,3,5-6,10,12,15-16H,2,4,7-9H2. The van der Waals surface area contributed by atoms with Gasteiger partial charge >= 0.3 is 0 Å². The van der Waals surface area contributed by atoms with Crippen molar-refractivity contribution in [3.8, 4) is 5.75 Å². The van der Waals surface area contributed by atoms with Crippen molar-refractivity contribution in [3.63, 3.8) is 0 Å². The molecule has 90 valence electrons. The Balaban J connectivity index is 1.81. The van der Waals surface area contributed by atoms with Crippen molar-refractivity contribution in [2.45, 2.75) is 25.4 Å². The van der Waals surface area contributed by atoms with Gasteiger partial charge < -0.3 is 15.0 Å². The second kappa shape index (κ2) is 4.80. The van der Waals surface area contributed by atoms with Gasteiger partial charge in [0.1, 0.15) is 11.9 Å². The molecular formula is C14H18N2O. The Morgan fingerprint density at radius 3 is 3.12 bits per heavy atom. The molecule has 0 radical (unpaired) electrons. The van der Waals surface area contributed by atoms with Crippen LogP contribution in [0, 0.1) is 0 Å². The lowest BCUT2D eigenvalue weighted by Crippen LogP contribution is -2.19. The maximum atomic E-state index is 6.14. The first-order valence-corrected chi connectivity index (χ1v) is 6.37. The van der Waals surface area contributed by atoms with Crippen LogP contribution in [0.25, 0.3) is 10.9 Å². The molecule has 1 aliphatic heterocycles. The van der Waals surface area contributed by atoms with E-state index in [1.54, 1.807) is 0 Å². The van der Waals surface area contributed by atoms with Gasteiger partial charge in [0, 0.05) is 11.6 Å². The third-order valence-corrected chi connectivity index (χ3v) is 3.37. The van der Waals surface area contributed by atoms with Crippen LogP contribution >= 0.6 is 0 Å². The molecule has 1 aromatic heterocycles. The van der Waals surface area contributed by atoms with E-state index in [0.717, 1.165) is 37.2 Å². The molecule has 17 heavy (non-hydrogen) atoms. The van der Waals surface area contributed by atoms with Gasteiger partial charge in [0.15, 0.2) is 0 Å². The zero-order valence-corrected chi connectivity index (χ0v) is 9.91. The first kappa shape index (κ1) is 10.7. The van der Waals surface area contributed by atoms with Crippen LogP contribution in [-0.2, 0) is 0 Å². The lowest BCUT2D eigenvalue weighted by Gasteiger charge is -2.17. The smallest absolute Gasteiger partial charge is 0.143 e. The molecule has 0 amide bonds. The van der Waals surface area contributed by atoms with Gasteiger partial charge in [-0.15, -0.1) is 0 Å². The van der Waals surface area contributed by atoms with E-state index in [1.807, 2.05) is 6.20 Å². The van der Waals surface area contributed by atoms with Gasteiger partial charge in [-0.1, -0.05) is 12.1 Å². The number of aromatic amines is 1. The molecule has 1 aromatic carbocycles. The Labute approximate surface area is 101 Å². The summed E-state index contributed by atoms with van der Waals surface area (Å²) in [7, 11) is 0. The van der Waals surface area contributed by atoms with E-state index in [0.29, 0.717) is 6.10 Å². The van der Waals surface area contributed by atoms with Crippen LogP contribution in [0.5, 0.6) is 5.75 Å². The molecule has 2 heterocycles. The van der Waals surface area contributed by atoms with Crippen molar-refractivity contribution in [2.24, 2.45) is 0 Å². The van der Waals surface area contributed by atoms with E-state index in [1.165, 1.54) is 11.8 Å². The average Bonchev–Trinajstić information content (AvgIpc) is 2.69. The maximum Gasteiger partial charge on any atom is 0.143 e. The minimum atomic E-state index is 0.346. The topological polar surface area (TPSA) is 37.0 Å². The molecule has 3 heteroatoms. The molecule has 2 aromatic rings. The molecule has 1 unspecified atom stereocenters. The van der Waals surface area contributed by atoms with E-state index in [9.17, 15) is 0 Å². The van der Waals surface area contributed by atoms with Crippen molar-refractivity contribution < 1.29 is 4.74 Å². The van der Waals surface area contributed by atoms with Gasteiger partial charge in [-0.05, 0) is 44.5 Å². The third-order valence-electron chi connectivity index (χ3n) is 3.37. The lowest BCUT2D eigenvalue weighted by molar-refractivity contribution is 0.189. The highest BCUT2D eigenvalue weighted by atomic mass is 16.5. The normalized spacial score (nSPS) is 21.3. The number of hydrogen-bond acceptors (Lipinski definition) is 2. The van der Waals surface area contributed by atoms with Crippen LogP contribution in [0.3, 0.4) is 0 Å². The molecule has 1 atom stereocenters. The SMILES string of the molecule is c1cc(OC2CCCNCC2)c2[nH]ccc2c1. The monoisotopic (exact) mass is 230 g/mol. The van der Waals surface area contributed by atoms with Gasteiger partial charge in [0.05, 0.1) is 5.52 Å². The fraction of sp³-hybridized carbons (Fsp3) is 0.429. The Morgan fingerprint density at radius 2 is 2.12 bits per heavy atom. The summed E-state index contributed by atoms with van der Waals surface area (Å²) in [6.07, 6.45) is 5.75. The zero-order chi connectivity index (χ0) is 11.5. The highest BCUT2D eigenvalue weighted by Gasteiger charge is 2.14. The van der Waals surface area contributed by atoms with Crippen LogP contribution in [0.4, 0.5) is 0 Å². The summed E-state index contributed by atoms with van der Waals surface area (Å²) in [6, 6.07) is 8.29. The van der Waals surface area contributed by atoms with Gasteiger partial charge in [0.25, 0.3) is 0 Å².